The minimum absolute atomic E-state index is 1.05. The Hall–Kier alpha value is -2.85. The predicted octanol–water partition coefficient (Wildman–Crippen LogP) is 5.80. The van der Waals surface area contributed by atoms with Crippen LogP contribution in [0.4, 0.5) is 0 Å². The molecule has 28 heavy (non-hydrogen) atoms. The third kappa shape index (κ3) is 5.57. The third-order valence-electron chi connectivity index (χ3n) is 4.21. The number of aromatic nitrogens is 2. The number of nitrogens with zero attached hydrogens (tertiary/aromatic N) is 2. The van der Waals surface area contributed by atoms with Crippen molar-refractivity contribution in [3.8, 4) is 5.69 Å². The topological polar surface area (TPSA) is 17.8 Å². The first-order chi connectivity index (χ1) is 13.8. The quantitative estimate of drug-likeness (QED) is 0.375. The van der Waals surface area contributed by atoms with E-state index in [0.717, 1.165) is 16.5 Å². The van der Waals surface area contributed by atoms with E-state index in [4.69, 9.17) is 0 Å². The van der Waals surface area contributed by atoms with Crippen molar-refractivity contribution in [2.45, 2.75) is 6.32 Å². The van der Waals surface area contributed by atoms with E-state index in [2.05, 4.69) is 95.5 Å². The molecular formula is C24H22BBrN2. The summed E-state index contributed by atoms with van der Waals surface area (Å²) < 4.78 is 3.05. The van der Waals surface area contributed by atoms with Crippen LogP contribution in [0.15, 0.2) is 114 Å². The van der Waals surface area contributed by atoms with Crippen molar-refractivity contribution < 1.29 is 0 Å². The molecule has 4 heteroatoms. The Labute approximate surface area is 176 Å². The van der Waals surface area contributed by atoms with E-state index in [1.54, 1.807) is 12.5 Å². The fourth-order valence-electron chi connectivity index (χ4n) is 2.87. The van der Waals surface area contributed by atoms with Gasteiger partial charge in [0.25, 0.3) is 0 Å². The maximum absolute atomic E-state index is 3.97. The molecule has 0 spiro atoms. The molecule has 0 aliphatic rings. The number of rotatable bonds is 4. The second-order valence-electron chi connectivity index (χ2n) is 6.20. The Morgan fingerprint density at radius 2 is 1.43 bits per heavy atom. The van der Waals surface area contributed by atoms with E-state index in [0.29, 0.717) is 0 Å². The van der Waals surface area contributed by atoms with Gasteiger partial charge in [0.1, 0.15) is 7.85 Å². The first-order valence-electron chi connectivity index (χ1n) is 9.33. The molecular weight excluding hydrogens is 407 g/mol. The average Bonchev–Trinajstić information content (AvgIpc) is 3.29. The Bertz CT molecular complexity index is 938. The van der Waals surface area contributed by atoms with Crippen LogP contribution in [0.1, 0.15) is 11.1 Å². The molecule has 3 aromatic carbocycles. The van der Waals surface area contributed by atoms with Crippen LogP contribution in [0.2, 0.25) is 6.32 Å². The van der Waals surface area contributed by atoms with Crippen LogP contribution in [0.3, 0.4) is 0 Å². The highest BCUT2D eigenvalue weighted by molar-refractivity contribution is 9.10. The molecule has 4 aromatic rings. The van der Waals surface area contributed by atoms with Gasteiger partial charge in [-0.2, -0.15) is 0 Å². The second kappa shape index (κ2) is 10.5. The van der Waals surface area contributed by atoms with Crippen LogP contribution in [-0.4, -0.2) is 17.4 Å². The Balaban J connectivity index is 0.000000167. The van der Waals surface area contributed by atoms with E-state index in [-0.39, 0.29) is 0 Å². The van der Waals surface area contributed by atoms with Crippen LogP contribution in [0.5, 0.6) is 0 Å². The zero-order valence-electron chi connectivity index (χ0n) is 15.9. The van der Waals surface area contributed by atoms with Gasteiger partial charge in [-0.1, -0.05) is 89.0 Å². The van der Waals surface area contributed by atoms with Gasteiger partial charge < -0.3 is 4.57 Å². The maximum Gasteiger partial charge on any atom is 0.106 e. The van der Waals surface area contributed by atoms with Crippen molar-refractivity contribution in [1.82, 2.24) is 9.55 Å². The Morgan fingerprint density at radius 3 is 1.89 bits per heavy atom. The molecule has 0 saturated carbocycles. The Kier molecular flexibility index (Phi) is 7.45. The zero-order valence-corrected chi connectivity index (χ0v) is 17.5. The van der Waals surface area contributed by atoms with Crippen molar-refractivity contribution in [3.63, 3.8) is 0 Å². The molecule has 0 aliphatic carbocycles. The van der Waals surface area contributed by atoms with Crippen LogP contribution in [0.25, 0.3) is 11.3 Å². The standard InChI is InChI=1S/C15H15B.C9H7BrN2/c16-12-11-15(13-7-3-1-4-8-13)14-9-5-2-6-10-14;10-8-1-3-9(4-2-8)12-6-5-11-7-12/h1-11H,12,16H2;1-7H. The van der Waals surface area contributed by atoms with Gasteiger partial charge in [-0.3, -0.25) is 0 Å². The summed E-state index contributed by atoms with van der Waals surface area (Å²) in [6.07, 6.45) is 8.80. The number of hydrogen-bond donors (Lipinski definition) is 0. The smallest absolute Gasteiger partial charge is 0.106 e. The van der Waals surface area contributed by atoms with Crippen molar-refractivity contribution in [2.75, 3.05) is 0 Å². The number of allylic oxidation sites excluding steroid dienone is 1. The fourth-order valence-corrected chi connectivity index (χ4v) is 3.13. The van der Waals surface area contributed by atoms with E-state index in [1.807, 2.05) is 35.0 Å². The lowest BCUT2D eigenvalue weighted by Crippen LogP contribution is -1.87. The summed E-state index contributed by atoms with van der Waals surface area (Å²) >= 11 is 3.38. The first kappa shape index (κ1) is 19.9. The molecule has 0 radical (unpaired) electrons. The largest absolute Gasteiger partial charge is 0.306 e. The lowest BCUT2D eigenvalue weighted by atomic mass is 9.93. The highest BCUT2D eigenvalue weighted by Crippen LogP contribution is 2.23. The molecule has 0 fully saturated rings. The third-order valence-corrected chi connectivity index (χ3v) is 4.74. The molecule has 4 rings (SSSR count). The summed E-state index contributed by atoms with van der Waals surface area (Å²) in [5.74, 6) is 0. The molecule has 0 bridgehead atoms. The molecule has 0 amide bonds. The van der Waals surface area contributed by atoms with Gasteiger partial charge >= 0.3 is 0 Å². The van der Waals surface area contributed by atoms with E-state index in [9.17, 15) is 0 Å². The monoisotopic (exact) mass is 428 g/mol. The molecule has 0 atom stereocenters. The first-order valence-corrected chi connectivity index (χ1v) is 10.1. The van der Waals surface area contributed by atoms with Crippen LogP contribution in [0, 0.1) is 0 Å². The highest BCUT2D eigenvalue weighted by atomic mass is 79.9. The summed E-state index contributed by atoms with van der Waals surface area (Å²) in [6, 6.07) is 29.2. The van der Waals surface area contributed by atoms with Gasteiger partial charge in [0.05, 0.1) is 6.33 Å². The van der Waals surface area contributed by atoms with Crippen LogP contribution in [-0.2, 0) is 0 Å². The van der Waals surface area contributed by atoms with Crippen molar-refractivity contribution in [3.05, 3.63) is 125 Å². The number of benzene rings is 3. The fraction of sp³-hybridized carbons (Fsp3) is 0.0417. The summed E-state index contributed by atoms with van der Waals surface area (Å²) in [5.41, 5.74) is 5.02. The van der Waals surface area contributed by atoms with Gasteiger partial charge in [0, 0.05) is 22.6 Å². The lowest BCUT2D eigenvalue weighted by Gasteiger charge is -2.07. The summed E-state index contributed by atoms with van der Waals surface area (Å²) in [5, 5.41) is 0. The molecule has 1 aromatic heterocycles. The van der Waals surface area contributed by atoms with Gasteiger partial charge in [0.15, 0.2) is 0 Å². The average molecular weight is 429 g/mol. The predicted molar refractivity (Wildman–Crippen MR) is 125 cm³/mol. The molecule has 2 nitrogen and oxygen atoms in total. The number of imidazole rings is 1. The van der Waals surface area contributed by atoms with Crippen molar-refractivity contribution in [1.29, 1.82) is 0 Å². The van der Waals surface area contributed by atoms with Crippen molar-refractivity contribution in [2.24, 2.45) is 0 Å². The molecule has 1 heterocycles. The van der Waals surface area contributed by atoms with Crippen LogP contribution >= 0.6 is 15.9 Å². The van der Waals surface area contributed by atoms with Crippen molar-refractivity contribution >= 4 is 29.3 Å². The van der Waals surface area contributed by atoms with Gasteiger partial charge in [-0.05, 0) is 41.0 Å². The van der Waals surface area contributed by atoms with Gasteiger partial charge in [0.2, 0.25) is 0 Å². The Morgan fingerprint density at radius 1 is 0.857 bits per heavy atom. The lowest BCUT2D eigenvalue weighted by molar-refractivity contribution is 1.06. The maximum atomic E-state index is 3.97. The van der Waals surface area contributed by atoms with Crippen LogP contribution < -0.4 is 0 Å². The van der Waals surface area contributed by atoms with Gasteiger partial charge in [-0.15, -0.1) is 0 Å². The van der Waals surface area contributed by atoms with E-state index in [1.165, 1.54) is 16.7 Å². The number of halogens is 1. The normalized spacial score (nSPS) is 9.89. The molecule has 0 saturated heterocycles. The molecule has 0 aliphatic heterocycles. The SMILES string of the molecule is BCC=C(c1ccccc1)c1ccccc1.Brc1ccc(-n2ccnc2)cc1. The summed E-state index contributed by atoms with van der Waals surface area (Å²) in [7, 11) is 2.17. The summed E-state index contributed by atoms with van der Waals surface area (Å²) in [4.78, 5) is 3.97. The summed E-state index contributed by atoms with van der Waals surface area (Å²) in [6.45, 7) is 0. The van der Waals surface area contributed by atoms with E-state index < -0.39 is 0 Å². The van der Waals surface area contributed by atoms with E-state index >= 15 is 0 Å². The molecule has 138 valence electrons. The second-order valence-corrected chi connectivity index (χ2v) is 7.12. The van der Waals surface area contributed by atoms with Gasteiger partial charge in [-0.25, -0.2) is 4.98 Å². The number of hydrogen-bond acceptors (Lipinski definition) is 1. The zero-order chi connectivity index (χ0) is 19.6. The molecule has 0 N–H and O–H groups in total. The molecule has 0 unspecified atom stereocenters. The minimum Gasteiger partial charge on any atom is -0.306 e. The minimum atomic E-state index is 1.05. The highest BCUT2D eigenvalue weighted by Gasteiger charge is 2.02.